The Morgan fingerprint density at radius 3 is 2.67 bits per heavy atom. The van der Waals surface area contributed by atoms with Crippen LogP contribution in [0, 0.1) is 0 Å². The van der Waals surface area contributed by atoms with Crippen molar-refractivity contribution in [2.75, 3.05) is 0 Å². The second-order valence-electron chi connectivity index (χ2n) is 5.04. The van der Waals surface area contributed by atoms with Gasteiger partial charge in [0.25, 0.3) is 0 Å². The molecule has 1 aromatic heterocycles. The predicted octanol–water partition coefficient (Wildman–Crippen LogP) is 5.54. The van der Waals surface area contributed by atoms with Crippen molar-refractivity contribution in [1.82, 2.24) is 9.55 Å². The van der Waals surface area contributed by atoms with Crippen molar-refractivity contribution in [2.45, 2.75) is 25.6 Å². The molecule has 1 unspecified atom stereocenters. The molecule has 0 N–H and O–H groups in total. The van der Waals surface area contributed by atoms with E-state index in [4.69, 9.17) is 23.2 Å². The molecule has 4 heteroatoms. The van der Waals surface area contributed by atoms with Crippen molar-refractivity contribution in [3.8, 4) is 5.69 Å². The van der Waals surface area contributed by atoms with Crippen LogP contribution < -0.4 is 0 Å². The SMILES string of the molecule is CCc1ccccc1-n1c(C(C)Cl)nc2cc(Cl)ccc21. The van der Waals surface area contributed by atoms with Crippen LogP contribution in [0.25, 0.3) is 16.7 Å². The van der Waals surface area contributed by atoms with Crippen LogP contribution in [0.1, 0.15) is 30.6 Å². The summed E-state index contributed by atoms with van der Waals surface area (Å²) in [5.74, 6) is 0.842. The van der Waals surface area contributed by atoms with E-state index in [-0.39, 0.29) is 5.38 Å². The number of benzene rings is 2. The number of hydrogen-bond donors (Lipinski definition) is 0. The molecule has 0 fully saturated rings. The van der Waals surface area contributed by atoms with E-state index < -0.39 is 0 Å². The van der Waals surface area contributed by atoms with Gasteiger partial charge >= 0.3 is 0 Å². The van der Waals surface area contributed by atoms with Gasteiger partial charge in [-0.15, -0.1) is 11.6 Å². The first-order valence-electron chi connectivity index (χ1n) is 7.02. The number of para-hydroxylation sites is 1. The van der Waals surface area contributed by atoms with Gasteiger partial charge < -0.3 is 0 Å². The molecule has 3 rings (SSSR count). The number of fused-ring (bicyclic) bond motifs is 1. The van der Waals surface area contributed by atoms with Crippen LogP contribution in [0.15, 0.2) is 42.5 Å². The average Bonchev–Trinajstić information content (AvgIpc) is 2.85. The molecule has 2 nitrogen and oxygen atoms in total. The molecule has 1 atom stereocenters. The topological polar surface area (TPSA) is 17.8 Å². The minimum atomic E-state index is -0.180. The molecule has 21 heavy (non-hydrogen) atoms. The Hall–Kier alpha value is -1.51. The summed E-state index contributed by atoms with van der Waals surface area (Å²) in [5.41, 5.74) is 4.30. The molecule has 0 radical (unpaired) electrons. The van der Waals surface area contributed by atoms with Gasteiger partial charge in [0.1, 0.15) is 5.82 Å². The number of alkyl halides is 1. The largest absolute Gasteiger partial charge is 0.295 e. The summed E-state index contributed by atoms with van der Waals surface area (Å²) in [5, 5.41) is 0.505. The zero-order valence-corrected chi connectivity index (χ0v) is 13.5. The Labute approximate surface area is 134 Å². The molecule has 108 valence electrons. The van der Waals surface area contributed by atoms with E-state index in [0.29, 0.717) is 5.02 Å². The van der Waals surface area contributed by atoms with Gasteiger partial charge in [-0.05, 0) is 43.2 Å². The monoisotopic (exact) mass is 318 g/mol. The van der Waals surface area contributed by atoms with E-state index >= 15 is 0 Å². The summed E-state index contributed by atoms with van der Waals surface area (Å²) >= 11 is 12.4. The fourth-order valence-corrected chi connectivity index (χ4v) is 2.93. The second kappa shape index (κ2) is 5.70. The van der Waals surface area contributed by atoms with Gasteiger partial charge in [0.15, 0.2) is 0 Å². The van der Waals surface area contributed by atoms with Crippen molar-refractivity contribution in [3.63, 3.8) is 0 Å². The summed E-state index contributed by atoms with van der Waals surface area (Å²) < 4.78 is 2.14. The molecule has 0 spiro atoms. The first-order chi connectivity index (χ1) is 10.1. The van der Waals surface area contributed by atoms with Crippen molar-refractivity contribution in [2.24, 2.45) is 0 Å². The summed E-state index contributed by atoms with van der Waals surface area (Å²) in [6.45, 7) is 4.09. The third-order valence-corrected chi connectivity index (χ3v) is 4.04. The van der Waals surface area contributed by atoms with Crippen molar-refractivity contribution in [3.05, 3.63) is 58.9 Å². The van der Waals surface area contributed by atoms with Crippen LogP contribution in [-0.4, -0.2) is 9.55 Å². The van der Waals surface area contributed by atoms with Gasteiger partial charge in [-0.2, -0.15) is 0 Å². The molecule has 3 aromatic rings. The van der Waals surface area contributed by atoms with Crippen molar-refractivity contribution < 1.29 is 0 Å². The van der Waals surface area contributed by atoms with E-state index in [9.17, 15) is 0 Å². The highest BCUT2D eigenvalue weighted by Gasteiger charge is 2.17. The van der Waals surface area contributed by atoms with E-state index in [2.05, 4.69) is 34.7 Å². The highest BCUT2D eigenvalue weighted by Crippen LogP contribution is 2.31. The molecular formula is C17H16Cl2N2. The van der Waals surface area contributed by atoms with Crippen LogP contribution in [-0.2, 0) is 6.42 Å². The molecule has 0 saturated carbocycles. The van der Waals surface area contributed by atoms with Gasteiger partial charge in [-0.3, -0.25) is 4.57 Å². The second-order valence-corrected chi connectivity index (χ2v) is 6.13. The molecule has 0 aliphatic rings. The smallest absolute Gasteiger partial charge is 0.132 e. The Morgan fingerprint density at radius 2 is 1.95 bits per heavy atom. The Bertz CT molecular complexity index is 791. The summed E-state index contributed by atoms with van der Waals surface area (Å²) in [7, 11) is 0. The van der Waals surface area contributed by atoms with Crippen molar-refractivity contribution in [1.29, 1.82) is 0 Å². The third kappa shape index (κ3) is 2.54. The molecule has 0 bridgehead atoms. The Kier molecular flexibility index (Phi) is 3.92. The Balaban J connectivity index is 2.37. The molecule has 0 amide bonds. The minimum Gasteiger partial charge on any atom is -0.295 e. The number of imidazole rings is 1. The number of rotatable bonds is 3. The molecule has 0 aliphatic carbocycles. The number of nitrogens with zero attached hydrogens (tertiary/aromatic N) is 2. The molecule has 0 aliphatic heterocycles. The predicted molar refractivity (Wildman–Crippen MR) is 89.7 cm³/mol. The van der Waals surface area contributed by atoms with Crippen LogP contribution in [0.4, 0.5) is 0 Å². The van der Waals surface area contributed by atoms with E-state index in [1.807, 2.05) is 31.2 Å². The molecule has 2 aromatic carbocycles. The van der Waals surface area contributed by atoms with Crippen LogP contribution in [0.5, 0.6) is 0 Å². The maximum absolute atomic E-state index is 6.35. The normalized spacial score (nSPS) is 12.8. The van der Waals surface area contributed by atoms with Gasteiger partial charge in [-0.1, -0.05) is 36.7 Å². The van der Waals surface area contributed by atoms with Gasteiger partial charge in [0.05, 0.1) is 22.1 Å². The summed E-state index contributed by atoms with van der Waals surface area (Å²) in [6, 6.07) is 14.1. The summed E-state index contributed by atoms with van der Waals surface area (Å²) in [4.78, 5) is 4.67. The van der Waals surface area contributed by atoms with Crippen molar-refractivity contribution >= 4 is 34.2 Å². The standard InChI is InChI=1S/C17H16Cl2N2/c1-3-12-6-4-5-7-15(12)21-16-9-8-13(19)10-14(16)20-17(21)11(2)18/h4-11H,3H2,1-2H3. The fourth-order valence-electron chi connectivity index (χ4n) is 2.62. The number of aromatic nitrogens is 2. The first kappa shape index (κ1) is 14.4. The third-order valence-electron chi connectivity index (χ3n) is 3.61. The lowest BCUT2D eigenvalue weighted by Crippen LogP contribution is -2.04. The van der Waals surface area contributed by atoms with Gasteiger partial charge in [-0.25, -0.2) is 4.98 Å². The zero-order valence-electron chi connectivity index (χ0n) is 12.0. The van der Waals surface area contributed by atoms with Crippen LogP contribution in [0.2, 0.25) is 5.02 Å². The van der Waals surface area contributed by atoms with E-state index in [0.717, 1.165) is 29.0 Å². The number of halogens is 2. The lowest BCUT2D eigenvalue weighted by atomic mass is 10.1. The lowest BCUT2D eigenvalue weighted by Gasteiger charge is -2.14. The van der Waals surface area contributed by atoms with Crippen LogP contribution >= 0.6 is 23.2 Å². The highest BCUT2D eigenvalue weighted by atomic mass is 35.5. The van der Waals surface area contributed by atoms with Gasteiger partial charge in [0, 0.05) is 5.02 Å². The Morgan fingerprint density at radius 1 is 1.19 bits per heavy atom. The average molecular weight is 319 g/mol. The minimum absolute atomic E-state index is 0.180. The number of aryl methyl sites for hydroxylation is 1. The zero-order chi connectivity index (χ0) is 15.0. The quantitative estimate of drug-likeness (QED) is 0.579. The molecule has 0 saturated heterocycles. The summed E-state index contributed by atoms with van der Waals surface area (Å²) in [6.07, 6.45) is 0.958. The first-order valence-corrected chi connectivity index (χ1v) is 7.83. The molecule has 1 heterocycles. The lowest BCUT2D eigenvalue weighted by molar-refractivity contribution is 0.872. The van der Waals surface area contributed by atoms with E-state index in [1.54, 1.807) is 0 Å². The maximum Gasteiger partial charge on any atom is 0.132 e. The number of hydrogen-bond acceptors (Lipinski definition) is 1. The fraction of sp³-hybridized carbons (Fsp3) is 0.235. The molecular weight excluding hydrogens is 303 g/mol. The van der Waals surface area contributed by atoms with E-state index in [1.165, 1.54) is 5.56 Å². The maximum atomic E-state index is 6.35. The van der Waals surface area contributed by atoms with Crippen LogP contribution in [0.3, 0.4) is 0 Å². The van der Waals surface area contributed by atoms with Gasteiger partial charge in [0.2, 0.25) is 0 Å². The highest BCUT2D eigenvalue weighted by molar-refractivity contribution is 6.31.